The van der Waals surface area contributed by atoms with E-state index in [9.17, 15) is 0 Å². The van der Waals surface area contributed by atoms with E-state index < -0.39 is 0 Å². The van der Waals surface area contributed by atoms with Crippen LogP contribution in [0.25, 0.3) is 0 Å². The molecule has 0 aromatic carbocycles. The molecule has 2 aliphatic heterocycles. The number of hydrogen-bond donors (Lipinski definition) is 2. The number of ether oxygens (including phenoxy) is 2. The zero-order valence-corrected chi connectivity index (χ0v) is 6.51. The minimum atomic E-state index is 0.249. The third-order valence-electron chi connectivity index (χ3n) is 2.14. The second kappa shape index (κ2) is 3.49. The van der Waals surface area contributed by atoms with E-state index in [0.29, 0.717) is 6.10 Å². The summed E-state index contributed by atoms with van der Waals surface area (Å²) < 4.78 is 11.1. The van der Waals surface area contributed by atoms with E-state index in [1.165, 1.54) is 0 Å². The third kappa shape index (κ3) is 1.70. The Hall–Kier alpha value is -0.160. The van der Waals surface area contributed by atoms with Crippen molar-refractivity contribution in [2.75, 3.05) is 26.3 Å². The van der Waals surface area contributed by atoms with Crippen molar-refractivity contribution >= 4 is 0 Å². The van der Waals surface area contributed by atoms with Gasteiger partial charge in [-0.2, -0.15) is 0 Å². The highest BCUT2D eigenvalue weighted by atomic mass is 16.6. The van der Waals surface area contributed by atoms with Crippen LogP contribution in [0.3, 0.4) is 0 Å². The monoisotopic (exact) mass is 158 g/mol. The molecule has 2 fully saturated rings. The van der Waals surface area contributed by atoms with Crippen LogP contribution in [0.5, 0.6) is 0 Å². The average Bonchev–Trinajstić information content (AvgIpc) is 2.28. The van der Waals surface area contributed by atoms with E-state index in [1.807, 2.05) is 0 Å². The van der Waals surface area contributed by atoms with Crippen LogP contribution in [0, 0.1) is 0 Å². The molecule has 2 unspecified atom stereocenters. The molecule has 2 atom stereocenters. The van der Waals surface area contributed by atoms with Crippen molar-refractivity contribution < 1.29 is 9.47 Å². The van der Waals surface area contributed by atoms with Crippen molar-refractivity contribution in [3.63, 3.8) is 0 Å². The molecule has 64 valence electrons. The molecule has 2 N–H and O–H groups in total. The van der Waals surface area contributed by atoms with Crippen LogP contribution < -0.4 is 10.9 Å². The Morgan fingerprint density at radius 3 is 2.73 bits per heavy atom. The minimum Gasteiger partial charge on any atom is -0.373 e. The molecule has 2 aliphatic rings. The van der Waals surface area contributed by atoms with Crippen LogP contribution in [-0.2, 0) is 9.47 Å². The molecule has 0 aromatic rings. The standard InChI is InChI=1S/C7H14N2O2/c1-2-8-9-5-7-6(1)10-3-4-11-7/h6-9H,1-5H2. The van der Waals surface area contributed by atoms with Gasteiger partial charge in [-0.05, 0) is 6.42 Å². The fourth-order valence-electron chi connectivity index (χ4n) is 1.55. The summed E-state index contributed by atoms with van der Waals surface area (Å²) in [6.45, 7) is 3.30. The highest BCUT2D eigenvalue weighted by Crippen LogP contribution is 2.13. The summed E-state index contributed by atoms with van der Waals surface area (Å²) in [4.78, 5) is 0. The lowest BCUT2D eigenvalue weighted by molar-refractivity contribution is -0.135. The van der Waals surface area contributed by atoms with Gasteiger partial charge in [-0.3, -0.25) is 10.9 Å². The number of hydrazine groups is 1. The Kier molecular flexibility index (Phi) is 2.38. The van der Waals surface area contributed by atoms with E-state index in [2.05, 4.69) is 10.9 Å². The molecule has 0 aliphatic carbocycles. The molecule has 0 amide bonds. The summed E-state index contributed by atoms with van der Waals surface area (Å²) in [6.07, 6.45) is 1.59. The highest BCUT2D eigenvalue weighted by Gasteiger charge is 2.27. The number of nitrogens with one attached hydrogen (secondary N) is 2. The van der Waals surface area contributed by atoms with Crippen LogP contribution in [0.4, 0.5) is 0 Å². The Morgan fingerprint density at radius 2 is 1.82 bits per heavy atom. The van der Waals surface area contributed by atoms with Crippen LogP contribution in [0.2, 0.25) is 0 Å². The normalized spacial score (nSPS) is 39.3. The number of fused-ring (bicyclic) bond motifs is 1. The highest BCUT2D eigenvalue weighted by molar-refractivity contribution is 4.78. The van der Waals surface area contributed by atoms with Crippen molar-refractivity contribution in [2.45, 2.75) is 18.6 Å². The molecular weight excluding hydrogens is 144 g/mol. The van der Waals surface area contributed by atoms with Crippen molar-refractivity contribution in [1.82, 2.24) is 10.9 Å². The molecular formula is C7H14N2O2. The molecule has 0 bridgehead atoms. The molecule has 2 saturated heterocycles. The summed E-state index contributed by atoms with van der Waals surface area (Å²) >= 11 is 0. The summed E-state index contributed by atoms with van der Waals surface area (Å²) in [5.74, 6) is 0. The lowest BCUT2D eigenvalue weighted by Crippen LogP contribution is -2.43. The first-order valence-corrected chi connectivity index (χ1v) is 4.16. The van der Waals surface area contributed by atoms with Crippen molar-refractivity contribution in [2.24, 2.45) is 0 Å². The third-order valence-corrected chi connectivity index (χ3v) is 2.14. The van der Waals surface area contributed by atoms with Crippen LogP contribution in [0.1, 0.15) is 6.42 Å². The summed E-state index contributed by atoms with van der Waals surface area (Å²) in [6, 6.07) is 0. The molecule has 0 aromatic heterocycles. The smallest absolute Gasteiger partial charge is 0.0976 e. The maximum Gasteiger partial charge on any atom is 0.0976 e. The van der Waals surface area contributed by atoms with Gasteiger partial charge in [-0.15, -0.1) is 0 Å². The quantitative estimate of drug-likeness (QED) is 0.487. The lowest BCUT2D eigenvalue weighted by atomic mass is 10.1. The van der Waals surface area contributed by atoms with Gasteiger partial charge < -0.3 is 9.47 Å². The zero-order valence-electron chi connectivity index (χ0n) is 6.51. The maximum atomic E-state index is 5.56. The maximum absolute atomic E-state index is 5.56. The van der Waals surface area contributed by atoms with Gasteiger partial charge in [0.1, 0.15) is 0 Å². The van der Waals surface area contributed by atoms with Gasteiger partial charge >= 0.3 is 0 Å². The molecule has 2 rings (SSSR count). The minimum absolute atomic E-state index is 0.249. The number of hydrogen-bond acceptors (Lipinski definition) is 4. The van der Waals surface area contributed by atoms with Crippen molar-refractivity contribution in [3.8, 4) is 0 Å². The molecule has 0 radical (unpaired) electrons. The molecule has 11 heavy (non-hydrogen) atoms. The second-order valence-corrected chi connectivity index (χ2v) is 2.91. The Bertz CT molecular complexity index is 118. The fourth-order valence-corrected chi connectivity index (χ4v) is 1.55. The Labute approximate surface area is 66.2 Å². The van der Waals surface area contributed by atoms with E-state index in [0.717, 1.165) is 32.7 Å². The topological polar surface area (TPSA) is 42.5 Å². The van der Waals surface area contributed by atoms with Crippen LogP contribution in [0.15, 0.2) is 0 Å². The van der Waals surface area contributed by atoms with E-state index in [-0.39, 0.29) is 6.10 Å². The second-order valence-electron chi connectivity index (χ2n) is 2.91. The van der Waals surface area contributed by atoms with E-state index in [1.54, 1.807) is 0 Å². The van der Waals surface area contributed by atoms with Gasteiger partial charge in [-0.1, -0.05) is 0 Å². The van der Waals surface area contributed by atoms with Crippen molar-refractivity contribution in [1.29, 1.82) is 0 Å². The molecule has 2 heterocycles. The zero-order chi connectivity index (χ0) is 7.52. The average molecular weight is 158 g/mol. The van der Waals surface area contributed by atoms with Gasteiger partial charge in [0.2, 0.25) is 0 Å². The number of rotatable bonds is 0. The Morgan fingerprint density at radius 1 is 1.00 bits per heavy atom. The predicted octanol–water partition coefficient (Wildman–Crippen LogP) is -0.732. The Balaban J connectivity index is 1.93. The van der Waals surface area contributed by atoms with Gasteiger partial charge in [-0.25, -0.2) is 0 Å². The largest absolute Gasteiger partial charge is 0.373 e. The van der Waals surface area contributed by atoms with Crippen LogP contribution >= 0.6 is 0 Å². The summed E-state index contributed by atoms with van der Waals surface area (Å²) in [5.41, 5.74) is 6.19. The summed E-state index contributed by atoms with van der Waals surface area (Å²) in [5, 5.41) is 0. The first-order valence-electron chi connectivity index (χ1n) is 4.16. The van der Waals surface area contributed by atoms with Gasteiger partial charge in [0.25, 0.3) is 0 Å². The first-order chi connectivity index (χ1) is 5.47. The summed E-state index contributed by atoms with van der Waals surface area (Å²) in [7, 11) is 0. The molecule has 0 spiro atoms. The SMILES string of the molecule is C1CC2OCCOC2CNN1. The predicted molar refractivity (Wildman–Crippen MR) is 40.1 cm³/mol. The van der Waals surface area contributed by atoms with Gasteiger partial charge in [0.15, 0.2) is 0 Å². The molecule has 0 saturated carbocycles. The van der Waals surface area contributed by atoms with Gasteiger partial charge in [0, 0.05) is 13.1 Å². The lowest BCUT2D eigenvalue weighted by Gasteiger charge is -2.29. The van der Waals surface area contributed by atoms with E-state index >= 15 is 0 Å². The fraction of sp³-hybridized carbons (Fsp3) is 1.00. The molecule has 4 heteroatoms. The first kappa shape index (κ1) is 7.49. The van der Waals surface area contributed by atoms with Gasteiger partial charge in [0.05, 0.1) is 25.4 Å². The molecule has 4 nitrogen and oxygen atoms in total. The van der Waals surface area contributed by atoms with Crippen molar-refractivity contribution in [3.05, 3.63) is 0 Å². The van der Waals surface area contributed by atoms with E-state index in [4.69, 9.17) is 9.47 Å². The van der Waals surface area contributed by atoms with Crippen LogP contribution in [-0.4, -0.2) is 38.5 Å².